The third kappa shape index (κ3) is 9.77. The summed E-state index contributed by atoms with van der Waals surface area (Å²) in [5, 5.41) is 14.4. The number of ether oxygens (including phenoxy) is 1. The van der Waals surface area contributed by atoms with Crippen LogP contribution in [0.15, 0.2) is 41.7 Å². The van der Waals surface area contributed by atoms with Gasteiger partial charge >= 0.3 is 5.97 Å². The van der Waals surface area contributed by atoms with Gasteiger partial charge in [0.1, 0.15) is 12.8 Å². The van der Waals surface area contributed by atoms with Gasteiger partial charge in [-0.2, -0.15) is 0 Å². The van der Waals surface area contributed by atoms with Crippen molar-refractivity contribution in [1.29, 1.82) is 0 Å². The van der Waals surface area contributed by atoms with Crippen molar-refractivity contribution in [2.24, 2.45) is 17.0 Å². The van der Waals surface area contributed by atoms with Gasteiger partial charge in [-0.3, -0.25) is 4.79 Å². The largest absolute Gasteiger partial charge is 0.481 e. The Hall–Kier alpha value is -2.69. The molecule has 0 aliphatic heterocycles. The van der Waals surface area contributed by atoms with Gasteiger partial charge in [0.15, 0.2) is 0 Å². The van der Waals surface area contributed by atoms with Crippen LogP contribution in [-0.4, -0.2) is 35.5 Å². The fraction of sp³-hybridized carbons (Fsp3) is 0.458. The van der Waals surface area contributed by atoms with Crippen molar-refractivity contribution in [3.05, 3.63) is 52.0 Å². The number of carboxylic acids is 1. The van der Waals surface area contributed by atoms with Crippen LogP contribution in [0.2, 0.25) is 0 Å². The highest BCUT2D eigenvalue weighted by molar-refractivity contribution is 7.12. The number of aromatic nitrogens is 1. The molecule has 0 saturated heterocycles. The van der Waals surface area contributed by atoms with Crippen molar-refractivity contribution >= 4 is 23.0 Å². The van der Waals surface area contributed by atoms with Gasteiger partial charge in [0.25, 0.3) is 0 Å². The quantitative estimate of drug-likeness (QED) is 0.221. The van der Waals surface area contributed by atoms with Crippen LogP contribution in [0.25, 0.3) is 0 Å². The average Bonchev–Trinajstić information content (AvgIpc) is 3.17. The van der Waals surface area contributed by atoms with E-state index in [-0.39, 0.29) is 12.3 Å². The number of aliphatic carboxylic acids is 1. The molecule has 1 heterocycles. The van der Waals surface area contributed by atoms with Gasteiger partial charge in [0, 0.05) is 18.9 Å². The summed E-state index contributed by atoms with van der Waals surface area (Å²) in [7, 11) is 1.44. The number of nitrogens with zero attached hydrogens (tertiary/aromatic N) is 2. The zero-order valence-corrected chi connectivity index (χ0v) is 19.2. The first-order valence-corrected chi connectivity index (χ1v) is 11.2. The molecule has 0 spiro atoms. The van der Waals surface area contributed by atoms with Crippen LogP contribution >= 0.6 is 11.3 Å². The first-order valence-electron chi connectivity index (χ1n) is 10.4. The van der Waals surface area contributed by atoms with Gasteiger partial charge in [-0.05, 0) is 36.2 Å². The monoisotopic (exact) mass is 442 g/mol. The third-order valence-electron chi connectivity index (χ3n) is 4.40. The van der Waals surface area contributed by atoms with Crippen LogP contribution in [-0.2, 0) is 27.4 Å². The number of carbonyl (C=O) groups is 1. The number of carboxylic acid groups (broad SMARTS) is 1. The molecule has 1 N–H and O–H groups in total. The summed E-state index contributed by atoms with van der Waals surface area (Å²) in [5.74, 6) is 5.39. The number of benzene rings is 1. The molecule has 0 amide bonds. The van der Waals surface area contributed by atoms with E-state index < -0.39 is 5.97 Å². The average molecular weight is 443 g/mol. The standard InChI is InChI=1S/C24H30N2O4S/c1-18(2)14-23-25-16-21(31-23)11-12-22(26-29-3)20(15-24(27)28)10-7-13-30-17-19-8-5-4-6-9-19/h4-6,8-9,16,18,20H,7,10,13-15,17H2,1-3H3,(H,27,28)/b26-22+/t20-/m0/s1. The van der Waals surface area contributed by atoms with Gasteiger partial charge in [-0.15, -0.1) is 11.3 Å². The highest BCUT2D eigenvalue weighted by atomic mass is 32.1. The fourth-order valence-corrected chi connectivity index (χ4v) is 3.96. The van der Waals surface area contributed by atoms with E-state index in [2.05, 4.69) is 35.8 Å². The lowest BCUT2D eigenvalue weighted by Crippen LogP contribution is -2.18. The minimum Gasteiger partial charge on any atom is -0.481 e. The highest BCUT2D eigenvalue weighted by Gasteiger charge is 2.19. The van der Waals surface area contributed by atoms with Gasteiger partial charge in [0.2, 0.25) is 0 Å². The minimum absolute atomic E-state index is 0.0587. The Morgan fingerprint density at radius 3 is 2.74 bits per heavy atom. The Kier molecular flexibility index (Phi) is 10.8. The second kappa shape index (κ2) is 13.6. The lowest BCUT2D eigenvalue weighted by atomic mass is 9.94. The minimum atomic E-state index is -0.891. The molecule has 0 saturated carbocycles. The van der Waals surface area contributed by atoms with E-state index in [1.807, 2.05) is 30.3 Å². The van der Waals surface area contributed by atoms with Gasteiger partial charge in [-0.1, -0.05) is 49.3 Å². The molecule has 2 rings (SSSR count). The summed E-state index contributed by atoms with van der Waals surface area (Å²) in [6.07, 6.45) is 3.91. The first kappa shape index (κ1) is 24.6. The van der Waals surface area contributed by atoms with E-state index in [1.54, 1.807) is 17.5 Å². The Balaban J connectivity index is 1.97. The maximum absolute atomic E-state index is 11.4. The molecule has 0 fully saturated rings. The molecular weight excluding hydrogens is 412 g/mol. The van der Waals surface area contributed by atoms with Gasteiger partial charge in [-0.25, -0.2) is 4.98 Å². The molecule has 0 bridgehead atoms. The van der Waals surface area contributed by atoms with Crippen LogP contribution in [0.5, 0.6) is 0 Å². The van der Waals surface area contributed by atoms with Crippen molar-refractivity contribution in [3.63, 3.8) is 0 Å². The Morgan fingerprint density at radius 2 is 2.06 bits per heavy atom. The van der Waals surface area contributed by atoms with Crippen LogP contribution in [0.1, 0.15) is 48.6 Å². The summed E-state index contributed by atoms with van der Waals surface area (Å²) in [6.45, 7) is 5.37. The van der Waals surface area contributed by atoms with Crippen LogP contribution in [0.3, 0.4) is 0 Å². The molecule has 2 aromatic rings. The van der Waals surface area contributed by atoms with Gasteiger partial charge < -0.3 is 14.7 Å². The van der Waals surface area contributed by atoms with E-state index in [1.165, 1.54) is 7.11 Å². The van der Waals surface area contributed by atoms with Crippen molar-refractivity contribution in [1.82, 2.24) is 4.98 Å². The fourth-order valence-electron chi connectivity index (χ4n) is 2.98. The maximum Gasteiger partial charge on any atom is 0.304 e. The lowest BCUT2D eigenvalue weighted by Gasteiger charge is -2.13. The summed E-state index contributed by atoms with van der Waals surface area (Å²) >= 11 is 1.55. The van der Waals surface area contributed by atoms with Crippen LogP contribution < -0.4 is 0 Å². The summed E-state index contributed by atoms with van der Waals surface area (Å²) < 4.78 is 5.72. The summed E-state index contributed by atoms with van der Waals surface area (Å²) in [4.78, 5) is 21.6. The number of rotatable bonds is 12. The van der Waals surface area contributed by atoms with Crippen molar-refractivity contribution < 1.29 is 19.5 Å². The summed E-state index contributed by atoms with van der Waals surface area (Å²) in [6, 6.07) is 9.94. The molecule has 1 atom stereocenters. The molecular formula is C24H30N2O4S. The number of oxime groups is 1. The topological polar surface area (TPSA) is 81.0 Å². The lowest BCUT2D eigenvalue weighted by molar-refractivity contribution is -0.137. The maximum atomic E-state index is 11.4. The molecule has 0 unspecified atom stereocenters. The Labute approximate surface area is 188 Å². The van der Waals surface area contributed by atoms with Crippen molar-refractivity contribution in [2.75, 3.05) is 13.7 Å². The summed E-state index contributed by atoms with van der Waals surface area (Å²) in [5.41, 5.74) is 1.55. The molecule has 31 heavy (non-hydrogen) atoms. The molecule has 6 nitrogen and oxygen atoms in total. The first-order chi connectivity index (χ1) is 15.0. The zero-order chi connectivity index (χ0) is 22.5. The molecule has 166 valence electrons. The number of thiazole rings is 1. The molecule has 1 aromatic carbocycles. The molecule has 0 aliphatic rings. The van der Waals surface area contributed by atoms with Crippen molar-refractivity contribution in [3.8, 4) is 11.8 Å². The second-order valence-electron chi connectivity index (χ2n) is 7.60. The van der Waals surface area contributed by atoms with Gasteiger partial charge in [0.05, 0.1) is 29.1 Å². The van der Waals surface area contributed by atoms with E-state index in [0.717, 1.165) is 21.9 Å². The van der Waals surface area contributed by atoms with E-state index in [9.17, 15) is 9.90 Å². The van der Waals surface area contributed by atoms with E-state index in [0.29, 0.717) is 37.7 Å². The normalized spacial score (nSPS) is 12.3. The molecule has 0 radical (unpaired) electrons. The molecule has 0 aliphatic carbocycles. The Morgan fingerprint density at radius 1 is 1.29 bits per heavy atom. The second-order valence-corrected chi connectivity index (χ2v) is 8.72. The molecule has 7 heteroatoms. The SMILES string of the molecule is CO/N=C(\C#Cc1cnc(CC(C)C)s1)[C@@H](CCCOCc1ccccc1)CC(=O)O. The predicted octanol–water partition coefficient (Wildman–Crippen LogP) is 4.78. The van der Waals surface area contributed by atoms with Crippen molar-refractivity contribution in [2.45, 2.75) is 46.1 Å². The third-order valence-corrected chi connectivity index (χ3v) is 5.34. The predicted molar refractivity (Wildman–Crippen MR) is 123 cm³/mol. The number of hydrogen-bond acceptors (Lipinski definition) is 6. The smallest absolute Gasteiger partial charge is 0.304 e. The van der Waals surface area contributed by atoms with Crippen LogP contribution in [0.4, 0.5) is 0 Å². The van der Waals surface area contributed by atoms with E-state index >= 15 is 0 Å². The van der Waals surface area contributed by atoms with Crippen LogP contribution in [0, 0.1) is 23.7 Å². The highest BCUT2D eigenvalue weighted by Crippen LogP contribution is 2.17. The Bertz CT molecular complexity index is 897. The number of hydrogen-bond donors (Lipinski definition) is 1. The van der Waals surface area contributed by atoms with E-state index in [4.69, 9.17) is 9.57 Å². The zero-order valence-electron chi connectivity index (χ0n) is 18.3. The molecule has 1 aromatic heterocycles.